The molecule has 3 aromatic rings. The van der Waals surface area contributed by atoms with E-state index in [9.17, 15) is 9.59 Å². The summed E-state index contributed by atoms with van der Waals surface area (Å²) in [6.07, 6.45) is 2.07. The molecule has 1 aliphatic heterocycles. The summed E-state index contributed by atoms with van der Waals surface area (Å²) in [6, 6.07) is 18.1. The zero-order valence-electron chi connectivity index (χ0n) is 17.6. The second kappa shape index (κ2) is 8.51. The Hall–Kier alpha value is -3.58. The van der Waals surface area contributed by atoms with Crippen molar-refractivity contribution in [2.24, 2.45) is 0 Å². The first-order valence-electron chi connectivity index (χ1n) is 10.6. The molecule has 2 amide bonds. The maximum atomic E-state index is 13.8. The lowest BCUT2D eigenvalue weighted by Crippen LogP contribution is -2.40. The van der Waals surface area contributed by atoms with Crippen molar-refractivity contribution in [1.29, 1.82) is 0 Å². The number of amides is 2. The molecule has 2 aromatic carbocycles. The number of carbonyl (C=O) groups excluding carboxylic acids is 2. The van der Waals surface area contributed by atoms with Crippen LogP contribution in [0.4, 0.5) is 21.9 Å². The molecule has 5 rings (SSSR count). The normalized spacial score (nSPS) is 17.7. The van der Waals surface area contributed by atoms with Crippen LogP contribution in [0.15, 0.2) is 77.3 Å². The Morgan fingerprint density at radius 1 is 1.09 bits per heavy atom. The van der Waals surface area contributed by atoms with Gasteiger partial charge in [-0.2, -0.15) is 0 Å². The number of urea groups is 1. The maximum Gasteiger partial charge on any atom is 0.327 e. The van der Waals surface area contributed by atoms with E-state index in [0.29, 0.717) is 23.4 Å². The topological polar surface area (TPSA) is 70.7 Å². The Bertz CT molecular complexity index is 1200. The number of Topliss-reactive ketones (excluding diaryl/α,β-unsaturated/α-hetero) is 1. The van der Waals surface area contributed by atoms with Gasteiger partial charge in [0.15, 0.2) is 5.78 Å². The SMILES string of the molecule is COc1ccccc1NC(=O)N1c2ccccc2NC2=C(C(=O)CCC2)[C@H]1c1cccs1. The van der Waals surface area contributed by atoms with Gasteiger partial charge in [0.1, 0.15) is 11.8 Å². The lowest BCUT2D eigenvalue weighted by Gasteiger charge is -2.33. The Labute approximate surface area is 190 Å². The summed E-state index contributed by atoms with van der Waals surface area (Å²) in [5.41, 5.74) is 3.68. The first-order valence-corrected chi connectivity index (χ1v) is 11.4. The van der Waals surface area contributed by atoms with Gasteiger partial charge in [0, 0.05) is 22.6 Å². The van der Waals surface area contributed by atoms with E-state index in [1.54, 1.807) is 35.5 Å². The Balaban J connectivity index is 1.67. The summed E-state index contributed by atoms with van der Waals surface area (Å²) < 4.78 is 5.42. The van der Waals surface area contributed by atoms with E-state index < -0.39 is 6.04 Å². The van der Waals surface area contributed by atoms with E-state index in [2.05, 4.69) is 10.6 Å². The number of nitrogens with zero attached hydrogens (tertiary/aromatic N) is 1. The molecule has 0 fully saturated rings. The van der Waals surface area contributed by atoms with Crippen molar-refractivity contribution in [1.82, 2.24) is 0 Å². The average molecular weight is 446 g/mol. The number of hydrogen-bond acceptors (Lipinski definition) is 5. The molecule has 2 heterocycles. The third kappa shape index (κ3) is 3.54. The van der Waals surface area contributed by atoms with E-state index in [-0.39, 0.29) is 11.8 Å². The highest BCUT2D eigenvalue weighted by Gasteiger charge is 2.40. The van der Waals surface area contributed by atoms with Crippen LogP contribution in [0.1, 0.15) is 30.2 Å². The van der Waals surface area contributed by atoms with Crippen LogP contribution < -0.4 is 20.3 Å². The highest BCUT2D eigenvalue weighted by molar-refractivity contribution is 7.10. The summed E-state index contributed by atoms with van der Waals surface area (Å²) in [4.78, 5) is 29.7. The minimum absolute atomic E-state index is 0.0834. The van der Waals surface area contributed by atoms with Crippen LogP contribution in [0.5, 0.6) is 5.75 Å². The minimum Gasteiger partial charge on any atom is -0.495 e. The Morgan fingerprint density at radius 3 is 2.72 bits per heavy atom. The first-order chi connectivity index (χ1) is 15.7. The number of benzene rings is 2. The van der Waals surface area contributed by atoms with E-state index in [1.807, 2.05) is 53.9 Å². The monoisotopic (exact) mass is 445 g/mol. The molecule has 0 unspecified atom stereocenters. The Morgan fingerprint density at radius 2 is 1.91 bits per heavy atom. The molecule has 162 valence electrons. The molecule has 1 aliphatic carbocycles. The fourth-order valence-electron chi connectivity index (χ4n) is 4.40. The quantitative estimate of drug-likeness (QED) is 0.521. The fourth-order valence-corrected chi connectivity index (χ4v) is 5.22. The van der Waals surface area contributed by atoms with E-state index >= 15 is 0 Å². The largest absolute Gasteiger partial charge is 0.495 e. The molecule has 6 nitrogen and oxygen atoms in total. The van der Waals surface area contributed by atoms with Gasteiger partial charge in [0.2, 0.25) is 0 Å². The molecule has 7 heteroatoms. The molecular weight excluding hydrogens is 422 g/mol. The predicted molar refractivity (Wildman–Crippen MR) is 128 cm³/mol. The fraction of sp³-hybridized carbons (Fsp3) is 0.200. The van der Waals surface area contributed by atoms with Crippen LogP contribution in [0.25, 0.3) is 0 Å². The van der Waals surface area contributed by atoms with Crippen LogP contribution in [-0.2, 0) is 4.79 Å². The number of ketones is 1. The van der Waals surface area contributed by atoms with E-state index in [4.69, 9.17) is 4.74 Å². The number of hydrogen-bond donors (Lipinski definition) is 2. The van der Waals surface area contributed by atoms with Gasteiger partial charge in [0.25, 0.3) is 0 Å². The van der Waals surface area contributed by atoms with Crippen LogP contribution in [0.3, 0.4) is 0 Å². The number of ether oxygens (including phenoxy) is 1. The van der Waals surface area contributed by atoms with Crippen molar-refractivity contribution in [2.45, 2.75) is 25.3 Å². The van der Waals surface area contributed by atoms with Crippen molar-refractivity contribution in [3.05, 3.63) is 82.2 Å². The number of rotatable bonds is 3. The van der Waals surface area contributed by atoms with Crippen LogP contribution in [-0.4, -0.2) is 18.9 Å². The molecule has 1 aromatic heterocycles. The van der Waals surface area contributed by atoms with Gasteiger partial charge in [-0.3, -0.25) is 9.69 Å². The zero-order chi connectivity index (χ0) is 22.1. The number of allylic oxidation sites excluding steroid dienone is 1. The highest BCUT2D eigenvalue weighted by atomic mass is 32.1. The van der Waals surface area contributed by atoms with Gasteiger partial charge in [-0.05, 0) is 48.6 Å². The molecule has 2 N–H and O–H groups in total. The van der Waals surface area contributed by atoms with E-state index in [0.717, 1.165) is 34.8 Å². The van der Waals surface area contributed by atoms with Gasteiger partial charge in [-0.15, -0.1) is 11.3 Å². The summed E-state index contributed by atoms with van der Waals surface area (Å²) in [5.74, 6) is 0.656. The third-order valence-corrected chi connectivity index (χ3v) is 6.74. The second-order valence-electron chi connectivity index (χ2n) is 7.73. The van der Waals surface area contributed by atoms with Gasteiger partial charge in [-0.25, -0.2) is 4.79 Å². The summed E-state index contributed by atoms with van der Waals surface area (Å²) in [6.45, 7) is 0. The van der Waals surface area contributed by atoms with Crippen molar-refractivity contribution in [2.75, 3.05) is 22.6 Å². The highest BCUT2D eigenvalue weighted by Crippen LogP contribution is 2.46. The number of anilines is 3. The number of carbonyl (C=O) groups is 2. The summed E-state index contributed by atoms with van der Waals surface area (Å²) >= 11 is 1.55. The Kier molecular flexibility index (Phi) is 5.41. The lowest BCUT2D eigenvalue weighted by molar-refractivity contribution is -0.116. The van der Waals surface area contributed by atoms with Crippen LogP contribution in [0.2, 0.25) is 0 Å². The average Bonchev–Trinajstić information content (AvgIpc) is 3.29. The van der Waals surface area contributed by atoms with Gasteiger partial charge in [0.05, 0.1) is 24.2 Å². The first kappa shape index (κ1) is 20.3. The number of methoxy groups -OCH3 is 1. The van der Waals surface area contributed by atoms with Crippen molar-refractivity contribution in [3.63, 3.8) is 0 Å². The number of para-hydroxylation sites is 4. The van der Waals surface area contributed by atoms with Gasteiger partial charge in [-0.1, -0.05) is 30.3 Å². The standard InChI is InChI=1S/C25H23N3O3S/c1-31-21-13-5-3-9-17(21)27-25(30)28-19-11-4-2-8-16(19)26-18-10-6-12-20(29)23(18)24(28)22-14-7-15-32-22/h2-5,7-9,11,13-15,24,26H,6,10,12H2,1H3,(H,27,30)/t24-/m1/s1. The zero-order valence-corrected chi connectivity index (χ0v) is 18.4. The smallest absolute Gasteiger partial charge is 0.327 e. The van der Waals surface area contributed by atoms with Gasteiger partial charge >= 0.3 is 6.03 Å². The molecule has 0 saturated carbocycles. The molecule has 0 bridgehead atoms. The number of nitrogens with one attached hydrogen (secondary N) is 2. The molecular formula is C25H23N3O3S. The molecule has 32 heavy (non-hydrogen) atoms. The maximum absolute atomic E-state index is 13.8. The minimum atomic E-state index is -0.511. The predicted octanol–water partition coefficient (Wildman–Crippen LogP) is 5.97. The molecule has 2 aliphatic rings. The number of thiophene rings is 1. The molecule has 1 atom stereocenters. The van der Waals surface area contributed by atoms with E-state index in [1.165, 1.54) is 0 Å². The third-order valence-electron chi connectivity index (χ3n) is 5.82. The molecule has 0 saturated heterocycles. The van der Waals surface area contributed by atoms with Crippen LogP contribution >= 0.6 is 11.3 Å². The molecule has 0 radical (unpaired) electrons. The molecule has 0 spiro atoms. The second-order valence-corrected chi connectivity index (χ2v) is 8.71. The lowest BCUT2D eigenvalue weighted by atomic mass is 9.88. The summed E-state index contributed by atoms with van der Waals surface area (Å²) in [7, 11) is 1.57. The van der Waals surface area contributed by atoms with Crippen molar-refractivity contribution in [3.8, 4) is 5.75 Å². The van der Waals surface area contributed by atoms with Crippen molar-refractivity contribution < 1.29 is 14.3 Å². The van der Waals surface area contributed by atoms with Crippen LogP contribution in [0, 0.1) is 0 Å². The van der Waals surface area contributed by atoms with Gasteiger partial charge < -0.3 is 15.4 Å². The number of fused-ring (bicyclic) bond motifs is 1. The van der Waals surface area contributed by atoms with Crippen molar-refractivity contribution >= 4 is 40.2 Å². The summed E-state index contributed by atoms with van der Waals surface area (Å²) in [5, 5.41) is 8.45.